The lowest BCUT2D eigenvalue weighted by atomic mass is 10.1. The lowest BCUT2D eigenvalue weighted by Crippen LogP contribution is -2.18. The van der Waals surface area contributed by atoms with E-state index >= 15 is 0 Å². The van der Waals surface area contributed by atoms with Gasteiger partial charge in [-0.25, -0.2) is 4.39 Å². The molecule has 0 spiro atoms. The zero-order valence-electron chi connectivity index (χ0n) is 17.8. The fourth-order valence-corrected chi connectivity index (χ4v) is 5.44. The van der Waals surface area contributed by atoms with Crippen molar-refractivity contribution in [2.45, 2.75) is 10.3 Å². The first-order chi connectivity index (χ1) is 16.5. The van der Waals surface area contributed by atoms with E-state index in [0.29, 0.717) is 22.7 Å². The Morgan fingerprint density at radius 3 is 2.09 bits per heavy atom. The first-order valence-electron chi connectivity index (χ1n) is 10.1. The average molecular weight is 577 g/mol. The third-order valence-electron chi connectivity index (χ3n) is 5.50. The number of halogens is 6. The first kappa shape index (κ1) is 25.9. The van der Waals surface area contributed by atoms with Crippen LogP contribution in [0.5, 0.6) is 5.75 Å². The molecule has 0 aliphatic heterocycles. The van der Waals surface area contributed by atoms with Crippen LogP contribution in [-0.4, -0.2) is 23.3 Å². The zero-order chi connectivity index (χ0) is 25.5. The predicted molar refractivity (Wildman–Crippen MR) is 138 cm³/mol. The highest BCUT2D eigenvalue weighted by Crippen LogP contribution is 2.65. The molecule has 4 rings (SSSR count). The van der Waals surface area contributed by atoms with Gasteiger partial charge < -0.3 is 15.4 Å². The Balaban J connectivity index is 1.51. The number of carbonyl (C=O) groups excluding carboxylic acids is 2. The van der Waals surface area contributed by atoms with E-state index in [1.807, 2.05) is 0 Å². The predicted octanol–water partition coefficient (Wildman–Crippen LogP) is 7.57. The molecule has 1 fully saturated rings. The van der Waals surface area contributed by atoms with E-state index in [9.17, 15) is 14.0 Å². The van der Waals surface area contributed by atoms with Crippen molar-refractivity contribution in [1.29, 1.82) is 0 Å². The number of benzene rings is 3. The van der Waals surface area contributed by atoms with Crippen molar-refractivity contribution < 1.29 is 18.7 Å². The van der Waals surface area contributed by atoms with Crippen molar-refractivity contribution >= 4 is 81.2 Å². The largest absolute Gasteiger partial charge is 0.494 e. The number of anilines is 2. The molecule has 1 aliphatic carbocycles. The highest BCUT2D eigenvalue weighted by atomic mass is 35.5. The van der Waals surface area contributed by atoms with Crippen LogP contribution in [0.25, 0.3) is 0 Å². The quantitative estimate of drug-likeness (QED) is 0.298. The maximum absolute atomic E-state index is 13.1. The Bertz CT molecular complexity index is 1290. The molecule has 11 heteroatoms. The summed E-state index contributed by atoms with van der Waals surface area (Å²) in [5, 5.41) is 6.03. The van der Waals surface area contributed by atoms with E-state index in [4.69, 9.17) is 62.7 Å². The van der Waals surface area contributed by atoms with Crippen LogP contribution in [0.1, 0.15) is 21.8 Å². The Hall–Kier alpha value is -2.22. The fraction of sp³-hybridized carbons (Fsp3) is 0.167. The second kappa shape index (κ2) is 10.0. The number of carbonyl (C=O) groups is 2. The van der Waals surface area contributed by atoms with Crippen molar-refractivity contribution in [2.24, 2.45) is 5.92 Å². The molecule has 0 radical (unpaired) electrons. The molecule has 5 nitrogen and oxygen atoms in total. The number of ether oxygens (including phenoxy) is 1. The van der Waals surface area contributed by atoms with E-state index in [0.717, 1.165) is 0 Å². The van der Waals surface area contributed by atoms with Crippen molar-refractivity contribution in [3.63, 3.8) is 0 Å². The first-order valence-corrected chi connectivity index (χ1v) is 12.0. The third kappa shape index (κ3) is 5.32. The second-order valence-corrected chi connectivity index (χ2v) is 10.5. The molecule has 0 heterocycles. The minimum absolute atomic E-state index is 0.109. The highest BCUT2D eigenvalue weighted by molar-refractivity contribution is 6.53. The molecular weight excluding hydrogens is 561 g/mol. The number of amides is 2. The molecular formula is C24H16Cl5FN2O3. The molecule has 0 unspecified atom stereocenters. The standard InChI is InChI=1S/C24H16Cl5FN2O3/c1-35-21-17(26)8-11(9-18(21)27)19-20(24(19,28)29)23(34)32-14-6-7-16(25)15(10-14)22(33)31-13-4-2-12(30)3-5-13/h2-10,19-20H,1H3,(H,31,33)(H,32,34)/t19-,20+/m1/s1. The number of methoxy groups -OCH3 is 1. The SMILES string of the molecule is COc1c(Cl)cc([C@@H]2[C@@H](C(=O)Nc3ccc(Cl)c(C(=O)Nc4ccc(F)cc4)c3)C2(Cl)Cl)cc1Cl. The van der Waals surface area contributed by atoms with Crippen molar-refractivity contribution in [3.8, 4) is 5.75 Å². The van der Waals surface area contributed by atoms with Crippen molar-refractivity contribution in [1.82, 2.24) is 0 Å². The number of hydrogen-bond donors (Lipinski definition) is 2. The molecule has 1 saturated carbocycles. The fourth-order valence-electron chi connectivity index (χ4n) is 3.75. The molecule has 0 bridgehead atoms. The third-order valence-corrected chi connectivity index (χ3v) is 7.33. The van der Waals surface area contributed by atoms with E-state index < -0.39 is 33.8 Å². The average Bonchev–Trinajstić information content (AvgIpc) is 3.38. The number of rotatable bonds is 6. The van der Waals surface area contributed by atoms with Crippen LogP contribution in [0.3, 0.4) is 0 Å². The van der Waals surface area contributed by atoms with Gasteiger partial charge in [0.15, 0.2) is 5.75 Å². The molecule has 0 saturated heterocycles. The molecule has 0 aromatic heterocycles. The summed E-state index contributed by atoms with van der Waals surface area (Å²) in [6.07, 6.45) is 0. The van der Waals surface area contributed by atoms with E-state index in [1.165, 1.54) is 49.6 Å². The van der Waals surface area contributed by atoms with Crippen LogP contribution in [0, 0.1) is 11.7 Å². The van der Waals surface area contributed by atoms with Gasteiger partial charge in [0.1, 0.15) is 10.2 Å². The second-order valence-electron chi connectivity index (χ2n) is 7.79. The van der Waals surface area contributed by atoms with Gasteiger partial charge in [0.25, 0.3) is 5.91 Å². The molecule has 2 amide bonds. The van der Waals surface area contributed by atoms with Gasteiger partial charge in [0.05, 0.1) is 33.7 Å². The Kier molecular flexibility index (Phi) is 7.41. The van der Waals surface area contributed by atoms with Crippen LogP contribution in [-0.2, 0) is 4.79 Å². The summed E-state index contributed by atoms with van der Waals surface area (Å²) in [7, 11) is 1.44. The van der Waals surface area contributed by atoms with E-state index in [1.54, 1.807) is 12.1 Å². The lowest BCUT2D eigenvalue weighted by Gasteiger charge is -2.11. The molecule has 3 aromatic carbocycles. The molecule has 182 valence electrons. The van der Waals surface area contributed by atoms with Gasteiger partial charge >= 0.3 is 0 Å². The number of nitrogens with one attached hydrogen (secondary N) is 2. The molecule has 3 aromatic rings. The molecule has 2 atom stereocenters. The minimum atomic E-state index is -1.39. The van der Waals surface area contributed by atoms with Crippen LogP contribution in [0.15, 0.2) is 54.6 Å². The summed E-state index contributed by atoms with van der Waals surface area (Å²) in [5.74, 6) is -2.50. The number of alkyl halides is 2. The molecule has 2 N–H and O–H groups in total. The van der Waals surface area contributed by atoms with Gasteiger partial charge in [-0.05, 0) is 60.2 Å². The van der Waals surface area contributed by atoms with Gasteiger partial charge in [0, 0.05) is 17.3 Å². The minimum Gasteiger partial charge on any atom is -0.494 e. The van der Waals surface area contributed by atoms with E-state index in [2.05, 4.69) is 10.6 Å². The summed E-state index contributed by atoms with van der Waals surface area (Å²) in [4.78, 5) is 25.7. The Morgan fingerprint density at radius 2 is 1.49 bits per heavy atom. The van der Waals surface area contributed by atoms with Crippen LogP contribution < -0.4 is 15.4 Å². The maximum atomic E-state index is 13.1. The molecule has 1 aliphatic rings. The van der Waals surface area contributed by atoms with Crippen molar-refractivity contribution in [3.05, 3.63) is 86.6 Å². The van der Waals surface area contributed by atoms with E-state index in [-0.39, 0.29) is 20.6 Å². The van der Waals surface area contributed by atoms with Gasteiger partial charge in [-0.2, -0.15) is 0 Å². The summed E-state index contributed by atoms with van der Waals surface area (Å²) in [6, 6.07) is 12.9. The summed E-state index contributed by atoms with van der Waals surface area (Å²) in [5.41, 5.74) is 1.39. The summed E-state index contributed by atoms with van der Waals surface area (Å²) < 4.78 is 16.9. The summed E-state index contributed by atoms with van der Waals surface area (Å²) >= 11 is 31.5. The zero-order valence-corrected chi connectivity index (χ0v) is 21.6. The monoisotopic (exact) mass is 574 g/mol. The Morgan fingerprint density at radius 1 is 0.886 bits per heavy atom. The smallest absolute Gasteiger partial charge is 0.257 e. The number of hydrogen-bond acceptors (Lipinski definition) is 3. The Labute approximate surface area is 225 Å². The van der Waals surface area contributed by atoms with Crippen LogP contribution in [0.4, 0.5) is 15.8 Å². The highest BCUT2D eigenvalue weighted by Gasteiger charge is 2.67. The van der Waals surface area contributed by atoms with Gasteiger partial charge in [0.2, 0.25) is 5.91 Å². The van der Waals surface area contributed by atoms with Gasteiger partial charge in [-0.3, -0.25) is 9.59 Å². The topological polar surface area (TPSA) is 67.4 Å². The molecule has 35 heavy (non-hydrogen) atoms. The summed E-state index contributed by atoms with van der Waals surface area (Å²) in [6.45, 7) is 0. The lowest BCUT2D eigenvalue weighted by molar-refractivity contribution is -0.117. The van der Waals surface area contributed by atoms with Gasteiger partial charge in [-0.1, -0.05) is 34.8 Å². The van der Waals surface area contributed by atoms with Gasteiger partial charge in [-0.15, -0.1) is 23.2 Å². The van der Waals surface area contributed by atoms with Crippen LogP contribution >= 0.6 is 58.0 Å². The van der Waals surface area contributed by atoms with Crippen molar-refractivity contribution in [2.75, 3.05) is 17.7 Å². The maximum Gasteiger partial charge on any atom is 0.257 e. The van der Waals surface area contributed by atoms with Crippen LogP contribution in [0.2, 0.25) is 15.1 Å². The normalized spacial score (nSPS) is 18.0.